The van der Waals surface area contributed by atoms with Crippen LogP contribution in [0.4, 0.5) is 0 Å². The average molecular weight is 330 g/mol. The Labute approximate surface area is 128 Å². The van der Waals surface area contributed by atoms with Crippen molar-refractivity contribution >= 4 is 33.2 Å². The van der Waals surface area contributed by atoms with E-state index in [1.807, 2.05) is 6.07 Å². The summed E-state index contributed by atoms with van der Waals surface area (Å²) in [6.45, 7) is 0.245. The van der Waals surface area contributed by atoms with Crippen LogP contribution in [-0.4, -0.2) is 19.8 Å². The number of halogens is 2. The smallest absolute Gasteiger partial charge is 0.207 e. The second kappa shape index (κ2) is 6.14. The minimum atomic E-state index is -3.57. The highest BCUT2D eigenvalue weighted by Gasteiger charge is 2.21. The number of benzene rings is 2. The summed E-state index contributed by atoms with van der Waals surface area (Å²) in [7, 11) is -2.04. The van der Waals surface area contributed by atoms with Gasteiger partial charge in [0.1, 0.15) is 0 Å². The molecule has 0 aliphatic rings. The Morgan fingerprint density at radius 2 is 1.60 bits per heavy atom. The Hall–Kier alpha value is -1.07. The predicted octanol–water partition coefficient (Wildman–Crippen LogP) is 3.81. The van der Waals surface area contributed by atoms with Gasteiger partial charge in [-0.3, -0.25) is 0 Å². The molecule has 0 amide bonds. The molecule has 3 nitrogen and oxygen atoms in total. The second-order valence-corrected chi connectivity index (χ2v) is 7.27. The lowest BCUT2D eigenvalue weighted by molar-refractivity contribution is 0.467. The fourth-order valence-electron chi connectivity index (χ4n) is 1.78. The molecule has 20 heavy (non-hydrogen) atoms. The van der Waals surface area contributed by atoms with E-state index in [9.17, 15) is 8.42 Å². The summed E-state index contributed by atoms with van der Waals surface area (Å²) in [5.74, 6) is 0. The van der Waals surface area contributed by atoms with Crippen LogP contribution in [0.3, 0.4) is 0 Å². The first kappa shape index (κ1) is 15.3. The molecule has 0 aliphatic carbocycles. The van der Waals surface area contributed by atoms with Crippen LogP contribution in [0.25, 0.3) is 0 Å². The lowest BCUT2D eigenvalue weighted by atomic mass is 10.2. The molecule has 2 aromatic carbocycles. The topological polar surface area (TPSA) is 37.4 Å². The van der Waals surface area contributed by atoms with Gasteiger partial charge in [-0.2, -0.15) is 4.31 Å². The molecule has 0 saturated carbocycles. The zero-order valence-corrected chi connectivity index (χ0v) is 13.1. The van der Waals surface area contributed by atoms with Crippen LogP contribution in [0.15, 0.2) is 53.4 Å². The third-order valence-electron chi connectivity index (χ3n) is 2.80. The summed E-state index contributed by atoms with van der Waals surface area (Å²) in [4.78, 5) is 0.175. The molecule has 106 valence electrons. The summed E-state index contributed by atoms with van der Waals surface area (Å²) in [6.07, 6.45) is 0. The summed E-state index contributed by atoms with van der Waals surface area (Å²) >= 11 is 11.7. The zero-order chi connectivity index (χ0) is 14.8. The van der Waals surface area contributed by atoms with Crippen molar-refractivity contribution in [1.82, 2.24) is 4.31 Å². The third-order valence-corrected chi connectivity index (χ3v) is 5.07. The molecule has 0 unspecified atom stereocenters. The van der Waals surface area contributed by atoms with Crippen molar-refractivity contribution in [3.63, 3.8) is 0 Å². The second-order valence-electron chi connectivity index (χ2n) is 4.35. The average Bonchev–Trinajstić information content (AvgIpc) is 2.38. The van der Waals surface area contributed by atoms with Gasteiger partial charge in [0.15, 0.2) is 0 Å². The van der Waals surface area contributed by atoms with Gasteiger partial charge in [0, 0.05) is 23.6 Å². The Morgan fingerprint density at radius 3 is 2.20 bits per heavy atom. The lowest BCUT2D eigenvalue weighted by Gasteiger charge is -2.17. The number of sulfonamides is 1. The molecule has 2 aromatic rings. The first-order valence-electron chi connectivity index (χ1n) is 5.86. The predicted molar refractivity (Wildman–Crippen MR) is 81.6 cm³/mol. The molecule has 0 aromatic heterocycles. The molecule has 0 N–H and O–H groups in total. The highest BCUT2D eigenvalue weighted by molar-refractivity contribution is 7.89. The van der Waals surface area contributed by atoms with Crippen LogP contribution in [0.2, 0.25) is 10.0 Å². The van der Waals surface area contributed by atoms with Crippen LogP contribution in [0.5, 0.6) is 0 Å². The normalized spacial score (nSPS) is 11.8. The molecular formula is C14H13Cl2NO2S. The summed E-state index contributed by atoms with van der Waals surface area (Å²) in [5.41, 5.74) is 0.825. The minimum absolute atomic E-state index is 0.175. The maximum Gasteiger partial charge on any atom is 0.243 e. The highest BCUT2D eigenvalue weighted by atomic mass is 35.5. The van der Waals surface area contributed by atoms with E-state index in [1.54, 1.807) is 30.3 Å². The molecule has 6 heteroatoms. The first-order valence-corrected chi connectivity index (χ1v) is 8.05. The van der Waals surface area contributed by atoms with Crippen molar-refractivity contribution in [3.8, 4) is 0 Å². The van der Waals surface area contributed by atoms with Gasteiger partial charge in [-0.05, 0) is 35.9 Å². The Morgan fingerprint density at radius 1 is 1.00 bits per heavy atom. The number of hydrogen-bond acceptors (Lipinski definition) is 2. The maximum absolute atomic E-state index is 12.4. The van der Waals surface area contributed by atoms with Gasteiger partial charge in [-0.1, -0.05) is 41.4 Å². The molecule has 0 fully saturated rings. The Bertz CT molecular complexity index is 717. The van der Waals surface area contributed by atoms with Crippen LogP contribution in [-0.2, 0) is 16.6 Å². The Kier molecular flexibility index (Phi) is 4.70. The molecular weight excluding hydrogens is 317 g/mol. The van der Waals surface area contributed by atoms with Crippen molar-refractivity contribution in [1.29, 1.82) is 0 Å². The fraction of sp³-hybridized carbons (Fsp3) is 0.143. The first-order chi connectivity index (χ1) is 9.39. The lowest BCUT2D eigenvalue weighted by Crippen LogP contribution is -2.26. The molecule has 0 atom stereocenters. The zero-order valence-electron chi connectivity index (χ0n) is 10.8. The van der Waals surface area contributed by atoms with Gasteiger partial charge < -0.3 is 0 Å². The van der Waals surface area contributed by atoms with E-state index in [-0.39, 0.29) is 11.4 Å². The largest absolute Gasteiger partial charge is 0.243 e. The quantitative estimate of drug-likeness (QED) is 0.855. The van der Waals surface area contributed by atoms with Crippen LogP contribution in [0.1, 0.15) is 5.56 Å². The SMILES string of the molecule is CN(Cc1cccc(Cl)c1)S(=O)(=O)c1cccc(Cl)c1. The van der Waals surface area contributed by atoms with E-state index in [2.05, 4.69) is 0 Å². The molecule has 0 saturated heterocycles. The summed E-state index contributed by atoms with van der Waals surface area (Å²) in [5, 5.41) is 0.971. The van der Waals surface area contributed by atoms with Crippen LogP contribution in [0, 0.1) is 0 Å². The van der Waals surface area contributed by atoms with E-state index < -0.39 is 10.0 Å². The molecule has 0 bridgehead atoms. The van der Waals surface area contributed by atoms with E-state index in [0.29, 0.717) is 10.0 Å². The van der Waals surface area contributed by atoms with E-state index in [1.165, 1.54) is 23.5 Å². The van der Waals surface area contributed by atoms with Gasteiger partial charge in [-0.15, -0.1) is 0 Å². The van der Waals surface area contributed by atoms with E-state index in [0.717, 1.165) is 5.56 Å². The number of rotatable bonds is 4. The van der Waals surface area contributed by atoms with E-state index in [4.69, 9.17) is 23.2 Å². The van der Waals surface area contributed by atoms with Gasteiger partial charge in [-0.25, -0.2) is 8.42 Å². The highest BCUT2D eigenvalue weighted by Crippen LogP contribution is 2.21. The van der Waals surface area contributed by atoms with Crippen molar-refractivity contribution in [2.24, 2.45) is 0 Å². The van der Waals surface area contributed by atoms with Crippen LogP contribution < -0.4 is 0 Å². The van der Waals surface area contributed by atoms with Gasteiger partial charge in [0.25, 0.3) is 0 Å². The standard InChI is InChI=1S/C14H13Cl2NO2S/c1-17(10-11-4-2-5-12(15)8-11)20(18,19)14-7-3-6-13(16)9-14/h2-9H,10H2,1H3. The Balaban J connectivity index is 2.26. The molecule has 0 spiro atoms. The number of hydrogen-bond donors (Lipinski definition) is 0. The van der Waals surface area contributed by atoms with Crippen molar-refractivity contribution in [2.45, 2.75) is 11.4 Å². The van der Waals surface area contributed by atoms with Gasteiger partial charge in [0.2, 0.25) is 10.0 Å². The van der Waals surface area contributed by atoms with E-state index >= 15 is 0 Å². The number of nitrogens with zero attached hydrogens (tertiary/aromatic N) is 1. The fourth-order valence-corrected chi connectivity index (χ4v) is 3.46. The summed E-state index contributed by atoms with van der Waals surface area (Å²) < 4.78 is 26.1. The third kappa shape index (κ3) is 3.52. The molecule has 0 aliphatic heterocycles. The minimum Gasteiger partial charge on any atom is -0.207 e. The van der Waals surface area contributed by atoms with Crippen molar-refractivity contribution < 1.29 is 8.42 Å². The van der Waals surface area contributed by atoms with Crippen molar-refractivity contribution in [2.75, 3.05) is 7.05 Å². The van der Waals surface area contributed by atoms with Crippen LogP contribution >= 0.6 is 23.2 Å². The molecule has 0 heterocycles. The molecule has 0 radical (unpaired) electrons. The maximum atomic E-state index is 12.4. The van der Waals surface area contributed by atoms with Gasteiger partial charge >= 0.3 is 0 Å². The van der Waals surface area contributed by atoms with Gasteiger partial charge in [0.05, 0.1) is 4.90 Å². The molecule has 2 rings (SSSR count). The summed E-state index contributed by atoms with van der Waals surface area (Å²) in [6, 6.07) is 13.3. The monoisotopic (exact) mass is 329 g/mol. The van der Waals surface area contributed by atoms with Crippen molar-refractivity contribution in [3.05, 3.63) is 64.1 Å².